The van der Waals surface area contributed by atoms with Gasteiger partial charge in [-0.05, 0) is 37.5 Å². The van der Waals surface area contributed by atoms with Crippen molar-refractivity contribution in [3.63, 3.8) is 0 Å². The van der Waals surface area contributed by atoms with E-state index in [0.717, 1.165) is 22.3 Å². The summed E-state index contributed by atoms with van der Waals surface area (Å²) in [5.74, 6) is 0.388. The molecule has 2 rings (SSSR count). The first kappa shape index (κ1) is 21.7. The number of carbonyl (C=O) groups is 1. The molecule has 7 heteroatoms. The maximum atomic E-state index is 12.7. The van der Waals surface area contributed by atoms with Crippen molar-refractivity contribution in [2.75, 3.05) is 13.6 Å². The molecule has 0 aliphatic rings. The molecule has 0 radical (unpaired) electrons. The van der Waals surface area contributed by atoms with Gasteiger partial charge in [-0.15, -0.1) is 12.4 Å². The smallest absolute Gasteiger partial charge is 0.257 e. The minimum Gasteiger partial charge on any atom is -0.342 e. The molecule has 5 nitrogen and oxygen atoms in total. The Kier molecular flexibility index (Phi) is 8.12. The van der Waals surface area contributed by atoms with E-state index in [0.29, 0.717) is 18.0 Å². The maximum absolute atomic E-state index is 12.7. The van der Waals surface area contributed by atoms with Gasteiger partial charge in [0.1, 0.15) is 0 Å². The second kappa shape index (κ2) is 9.36. The summed E-state index contributed by atoms with van der Waals surface area (Å²) in [7, 11) is 1.81. The van der Waals surface area contributed by atoms with E-state index < -0.39 is 0 Å². The van der Waals surface area contributed by atoms with Crippen molar-refractivity contribution in [3.8, 4) is 5.69 Å². The van der Waals surface area contributed by atoms with Crippen LogP contribution in [0.4, 0.5) is 0 Å². The molecule has 1 unspecified atom stereocenters. The summed E-state index contributed by atoms with van der Waals surface area (Å²) in [6.07, 6.45) is 2.43. The summed E-state index contributed by atoms with van der Waals surface area (Å²) in [6, 6.07) is 7.94. The number of nitrogens with zero attached hydrogens (tertiary/aromatic N) is 3. The summed E-state index contributed by atoms with van der Waals surface area (Å²) in [5.41, 5.74) is 8.44. The lowest BCUT2D eigenvalue weighted by Crippen LogP contribution is -2.34. The number of hydrogen-bond donors (Lipinski definition) is 1. The van der Waals surface area contributed by atoms with Gasteiger partial charge in [-0.25, -0.2) is 4.68 Å². The molecule has 2 aromatic rings. The van der Waals surface area contributed by atoms with E-state index in [-0.39, 0.29) is 24.4 Å². The molecular weight excluding hydrogens is 404 g/mol. The van der Waals surface area contributed by atoms with Crippen LogP contribution in [-0.2, 0) is 0 Å². The van der Waals surface area contributed by atoms with Crippen molar-refractivity contribution in [2.45, 2.75) is 33.2 Å². The molecule has 138 valence electrons. The monoisotopic (exact) mass is 428 g/mol. The van der Waals surface area contributed by atoms with Gasteiger partial charge in [-0.3, -0.25) is 4.79 Å². The molecule has 0 saturated carbocycles. The Morgan fingerprint density at radius 2 is 2.08 bits per heavy atom. The lowest BCUT2D eigenvalue weighted by atomic mass is 10.0. The first-order chi connectivity index (χ1) is 11.3. The van der Waals surface area contributed by atoms with Crippen LogP contribution in [0.2, 0.25) is 0 Å². The quantitative estimate of drug-likeness (QED) is 0.759. The molecule has 0 saturated heterocycles. The summed E-state index contributed by atoms with van der Waals surface area (Å²) in [4.78, 5) is 14.4. The molecule has 1 aromatic carbocycles. The zero-order chi connectivity index (χ0) is 17.9. The molecule has 0 aliphatic heterocycles. The minimum atomic E-state index is -0.0234. The van der Waals surface area contributed by atoms with Crippen LogP contribution >= 0.6 is 28.3 Å². The summed E-state index contributed by atoms with van der Waals surface area (Å²) in [5, 5.41) is 4.38. The topological polar surface area (TPSA) is 64.2 Å². The van der Waals surface area contributed by atoms with E-state index in [1.54, 1.807) is 15.8 Å². The second-order valence-corrected chi connectivity index (χ2v) is 7.37. The summed E-state index contributed by atoms with van der Waals surface area (Å²) in [6.45, 7) is 6.74. The predicted octanol–water partition coefficient (Wildman–Crippen LogP) is 3.81. The van der Waals surface area contributed by atoms with Gasteiger partial charge in [0.25, 0.3) is 5.91 Å². The molecule has 1 atom stereocenters. The van der Waals surface area contributed by atoms with Gasteiger partial charge >= 0.3 is 0 Å². The first-order valence-electron chi connectivity index (χ1n) is 8.13. The molecule has 0 aliphatic carbocycles. The fraction of sp³-hybridized carbons (Fsp3) is 0.444. The van der Waals surface area contributed by atoms with Crippen molar-refractivity contribution in [2.24, 2.45) is 11.7 Å². The van der Waals surface area contributed by atoms with Gasteiger partial charge in [0.15, 0.2) is 0 Å². The van der Waals surface area contributed by atoms with Gasteiger partial charge in [0.2, 0.25) is 0 Å². The zero-order valence-corrected chi connectivity index (χ0v) is 17.5. The largest absolute Gasteiger partial charge is 0.342 e. The Morgan fingerprint density at radius 1 is 1.40 bits per heavy atom. The summed E-state index contributed by atoms with van der Waals surface area (Å²) < 4.78 is 2.76. The van der Waals surface area contributed by atoms with Crippen LogP contribution in [0.5, 0.6) is 0 Å². The minimum absolute atomic E-state index is 0. The van der Waals surface area contributed by atoms with Gasteiger partial charge in [-0.1, -0.05) is 35.8 Å². The van der Waals surface area contributed by atoms with E-state index in [1.807, 2.05) is 38.2 Å². The number of nitrogens with two attached hydrogens (primary N) is 1. The van der Waals surface area contributed by atoms with Crippen LogP contribution in [0.15, 0.2) is 34.9 Å². The van der Waals surface area contributed by atoms with Crippen molar-refractivity contribution >= 4 is 34.2 Å². The van der Waals surface area contributed by atoms with Crippen LogP contribution in [0.25, 0.3) is 5.69 Å². The third-order valence-electron chi connectivity index (χ3n) is 4.29. The Labute approximate surface area is 164 Å². The van der Waals surface area contributed by atoms with E-state index in [1.165, 1.54) is 0 Å². The molecule has 0 bridgehead atoms. The van der Waals surface area contributed by atoms with Crippen LogP contribution in [0.1, 0.15) is 36.3 Å². The SMILES string of the molecule is Cc1c(C(=O)N(C)CCC(N)C(C)C)cnn1-c1cccc(Br)c1.Cl. The maximum Gasteiger partial charge on any atom is 0.257 e. The van der Waals surface area contributed by atoms with Crippen LogP contribution < -0.4 is 5.73 Å². The highest BCUT2D eigenvalue weighted by atomic mass is 79.9. The number of amides is 1. The Bertz CT molecular complexity index is 717. The molecule has 1 aromatic heterocycles. The lowest BCUT2D eigenvalue weighted by Gasteiger charge is -2.21. The molecule has 0 fully saturated rings. The van der Waals surface area contributed by atoms with Gasteiger partial charge < -0.3 is 10.6 Å². The Hall–Kier alpha value is -1.37. The fourth-order valence-corrected chi connectivity index (χ4v) is 2.86. The first-order valence-corrected chi connectivity index (χ1v) is 8.92. The molecule has 25 heavy (non-hydrogen) atoms. The molecule has 1 heterocycles. The molecule has 1 amide bonds. The number of aromatic nitrogens is 2. The highest BCUT2D eigenvalue weighted by molar-refractivity contribution is 9.10. The number of carbonyl (C=O) groups excluding carboxylic acids is 1. The molecular formula is C18H26BrClN4O. The second-order valence-electron chi connectivity index (χ2n) is 6.46. The van der Waals surface area contributed by atoms with Gasteiger partial charge in [0.05, 0.1) is 23.1 Å². The average Bonchev–Trinajstić information content (AvgIpc) is 2.92. The standard InChI is InChI=1S/C18H25BrN4O.ClH/c1-12(2)17(20)8-9-22(4)18(24)16-11-21-23(13(16)3)15-7-5-6-14(19)10-15;/h5-7,10-12,17H,8-9,20H2,1-4H3;1H. The lowest BCUT2D eigenvalue weighted by molar-refractivity contribution is 0.0788. The van der Waals surface area contributed by atoms with Crippen molar-refractivity contribution in [1.29, 1.82) is 0 Å². The van der Waals surface area contributed by atoms with Crippen LogP contribution in [0.3, 0.4) is 0 Å². The number of benzene rings is 1. The number of hydrogen-bond acceptors (Lipinski definition) is 3. The van der Waals surface area contributed by atoms with E-state index >= 15 is 0 Å². The van der Waals surface area contributed by atoms with E-state index in [4.69, 9.17) is 5.73 Å². The molecule has 0 spiro atoms. The van der Waals surface area contributed by atoms with Gasteiger partial charge in [-0.2, -0.15) is 5.10 Å². The summed E-state index contributed by atoms with van der Waals surface area (Å²) >= 11 is 3.46. The highest BCUT2D eigenvalue weighted by Gasteiger charge is 2.19. The van der Waals surface area contributed by atoms with Crippen molar-refractivity contribution in [1.82, 2.24) is 14.7 Å². The highest BCUT2D eigenvalue weighted by Crippen LogP contribution is 2.19. The number of halogens is 2. The normalized spacial score (nSPS) is 12.0. The average molecular weight is 430 g/mol. The zero-order valence-electron chi connectivity index (χ0n) is 15.1. The van der Waals surface area contributed by atoms with E-state index in [9.17, 15) is 4.79 Å². The third-order valence-corrected chi connectivity index (χ3v) is 4.79. The van der Waals surface area contributed by atoms with E-state index in [2.05, 4.69) is 34.9 Å². The molecule has 2 N–H and O–H groups in total. The Morgan fingerprint density at radius 3 is 2.68 bits per heavy atom. The fourth-order valence-electron chi connectivity index (χ4n) is 2.47. The van der Waals surface area contributed by atoms with Gasteiger partial charge in [0, 0.05) is 24.1 Å². The predicted molar refractivity (Wildman–Crippen MR) is 108 cm³/mol. The van der Waals surface area contributed by atoms with Crippen LogP contribution in [0, 0.1) is 12.8 Å². The van der Waals surface area contributed by atoms with Crippen molar-refractivity contribution < 1.29 is 4.79 Å². The van der Waals surface area contributed by atoms with Crippen LogP contribution in [-0.4, -0.2) is 40.2 Å². The van der Waals surface area contributed by atoms with Crippen molar-refractivity contribution in [3.05, 3.63) is 46.2 Å². The Balaban J connectivity index is 0.00000312. The third kappa shape index (κ3) is 5.30. The number of rotatable bonds is 6.